The highest BCUT2D eigenvalue weighted by Gasteiger charge is 2.15. The molecule has 3 heteroatoms. The second-order valence-electron chi connectivity index (χ2n) is 3.34. The van der Waals surface area contributed by atoms with E-state index in [-0.39, 0.29) is 11.0 Å². The third kappa shape index (κ3) is 2.84. The molecule has 0 N–H and O–H groups in total. The van der Waals surface area contributed by atoms with Crippen LogP contribution in [0.15, 0.2) is 30.3 Å². The van der Waals surface area contributed by atoms with Crippen molar-refractivity contribution < 1.29 is 8.42 Å². The quantitative estimate of drug-likeness (QED) is 0.744. The first-order valence-electron chi connectivity index (χ1n) is 4.28. The third-order valence-corrected chi connectivity index (χ3v) is 4.10. The van der Waals surface area contributed by atoms with Crippen LogP contribution in [0.1, 0.15) is 19.4 Å². The topological polar surface area (TPSA) is 34.1 Å². The smallest absolute Gasteiger partial charge is 0.156 e. The summed E-state index contributed by atoms with van der Waals surface area (Å²) in [5.41, 5.74) is 0.858. The van der Waals surface area contributed by atoms with Crippen molar-refractivity contribution in [3.63, 3.8) is 0 Å². The first-order valence-corrected chi connectivity index (χ1v) is 5.99. The first-order chi connectivity index (χ1) is 6.02. The highest BCUT2D eigenvalue weighted by Crippen LogP contribution is 2.09. The van der Waals surface area contributed by atoms with E-state index in [1.165, 1.54) is 0 Å². The molecule has 0 atom stereocenters. The van der Waals surface area contributed by atoms with Gasteiger partial charge in [0.15, 0.2) is 9.84 Å². The summed E-state index contributed by atoms with van der Waals surface area (Å²) in [6.07, 6.45) is 0. The van der Waals surface area contributed by atoms with Crippen LogP contribution in [0, 0.1) is 0 Å². The highest BCUT2D eigenvalue weighted by molar-refractivity contribution is 7.91. The van der Waals surface area contributed by atoms with Crippen LogP contribution < -0.4 is 0 Å². The molecule has 0 fully saturated rings. The predicted octanol–water partition coefficient (Wildman–Crippen LogP) is 2.01. The molecule has 0 spiro atoms. The van der Waals surface area contributed by atoms with Crippen LogP contribution in [0.3, 0.4) is 0 Å². The summed E-state index contributed by atoms with van der Waals surface area (Å²) in [6, 6.07) is 9.25. The SMILES string of the molecule is CC(C)S(=O)(=O)Cc1ccccc1. The Morgan fingerprint density at radius 3 is 2.15 bits per heavy atom. The Morgan fingerprint density at radius 2 is 1.69 bits per heavy atom. The molecular formula is C10H14O2S. The largest absolute Gasteiger partial charge is 0.228 e. The van der Waals surface area contributed by atoms with Gasteiger partial charge in [0.05, 0.1) is 11.0 Å². The van der Waals surface area contributed by atoms with Gasteiger partial charge in [-0.2, -0.15) is 0 Å². The number of hydrogen-bond donors (Lipinski definition) is 0. The summed E-state index contributed by atoms with van der Waals surface area (Å²) in [4.78, 5) is 0. The molecule has 0 bridgehead atoms. The number of rotatable bonds is 3. The van der Waals surface area contributed by atoms with Gasteiger partial charge in [0.25, 0.3) is 0 Å². The van der Waals surface area contributed by atoms with Crippen LogP contribution >= 0.6 is 0 Å². The van der Waals surface area contributed by atoms with Crippen molar-refractivity contribution in [2.75, 3.05) is 0 Å². The fourth-order valence-corrected chi connectivity index (χ4v) is 1.96. The van der Waals surface area contributed by atoms with Crippen LogP contribution in [-0.2, 0) is 15.6 Å². The summed E-state index contributed by atoms with van der Waals surface area (Å²) < 4.78 is 23.0. The van der Waals surface area contributed by atoms with Gasteiger partial charge in [-0.05, 0) is 19.4 Å². The van der Waals surface area contributed by atoms with Crippen LogP contribution in [0.5, 0.6) is 0 Å². The lowest BCUT2D eigenvalue weighted by Gasteiger charge is -2.06. The van der Waals surface area contributed by atoms with Gasteiger partial charge in [0.1, 0.15) is 0 Å². The fraction of sp³-hybridized carbons (Fsp3) is 0.400. The maximum absolute atomic E-state index is 11.5. The second kappa shape index (κ2) is 3.92. The van der Waals surface area contributed by atoms with E-state index in [1.54, 1.807) is 13.8 Å². The Bertz CT molecular complexity index is 352. The standard InChI is InChI=1S/C10H14O2S/c1-9(2)13(11,12)8-10-6-4-3-5-7-10/h3-7,9H,8H2,1-2H3. The van der Waals surface area contributed by atoms with E-state index < -0.39 is 9.84 Å². The number of sulfone groups is 1. The lowest BCUT2D eigenvalue weighted by atomic mass is 10.2. The summed E-state index contributed by atoms with van der Waals surface area (Å²) in [7, 11) is -2.95. The molecular weight excluding hydrogens is 184 g/mol. The van der Waals surface area contributed by atoms with Gasteiger partial charge < -0.3 is 0 Å². The Kier molecular flexibility index (Phi) is 3.09. The van der Waals surface area contributed by atoms with Crippen LogP contribution in [0.25, 0.3) is 0 Å². The summed E-state index contributed by atoms with van der Waals surface area (Å²) in [5.74, 6) is 0.144. The predicted molar refractivity (Wildman–Crippen MR) is 54.2 cm³/mol. The fourth-order valence-electron chi connectivity index (χ4n) is 0.973. The molecule has 0 radical (unpaired) electrons. The van der Waals surface area contributed by atoms with Crippen molar-refractivity contribution in [1.82, 2.24) is 0 Å². The maximum Gasteiger partial charge on any atom is 0.156 e. The molecule has 0 aliphatic carbocycles. The zero-order valence-electron chi connectivity index (χ0n) is 7.90. The molecule has 0 aliphatic rings. The normalized spacial score (nSPS) is 11.9. The molecule has 1 aromatic carbocycles. The molecule has 0 unspecified atom stereocenters. The minimum absolute atomic E-state index is 0.144. The molecule has 13 heavy (non-hydrogen) atoms. The molecule has 0 aromatic heterocycles. The van der Waals surface area contributed by atoms with Crippen molar-refractivity contribution in [3.05, 3.63) is 35.9 Å². The van der Waals surface area contributed by atoms with Crippen molar-refractivity contribution >= 4 is 9.84 Å². The molecule has 0 saturated carbocycles. The van der Waals surface area contributed by atoms with Crippen molar-refractivity contribution in [2.24, 2.45) is 0 Å². The number of benzene rings is 1. The van der Waals surface area contributed by atoms with Crippen molar-refractivity contribution in [3.8, 4) is 0 Å². The minimum Gasteiger partial charge on any atom is -0.228 e. The van der Waals surface area contributed by atoms with Crippen molar-refractivity contribution in [2.45, 2.75) is 24.9 Å². The highest BCUT2D eigenvalue weighted by atomic mass is 32.2. The van der Waals surface area contributed by atoms with Crippen molar-refractivity contribution in [1.29, 1.82) is 0 Å². The van der Waals surface area contributed by atoms with E-state index in [4.69, 9.17) is 0 Å². The molecule has 2 nitrogen and oxygen atoms in total. The lowest BCUT2D eigenvalue weighted by molar-refractivity contribution is 0.586. The number of hydrogen-bond acceptors (Lipinski definition) is 2. The van der Waals surface area contributed by atoms with Gasteiger partial charge in [0.2, 0.25) is 0 Å². The minimum atomic E-state index is -2.95. The summed E-state index contributed by atoms with van der Waals surface area (Å²) in [5, 5.41) is -0.298. The van der Waals surface area contributed by atoms with Gasteiger partial charge in [-0.1, -0.05) is 30.3 Å². The zero-order valence-corrected chi connectivity index (χ0v) is 8.71. The third-order valence-electron chi connectivity index (χ3n) is 1.93. The van der Waals surface area contributed by atoms with Gasteiger partial charge in [-0.3, -0.25) is 0 Å². The van der Waals surface area contributed by atoms with Gasteiger partial charge in [0, 0.05) is 0 Å². The van der Waals surface area contributed by atoms with E-state index in [2.05, 4.69) is 0 Å². The summed E-state index contributed by atoms with van der Waals surface area (Å²) >= 11 is 0. The van der Waals surface area contributed by atoms with Crippen LogP contribution in [0.2, 0.25) is 0 Å². The summed E-state index contributed by atoms with van der Waals surface area (Å²) in [6.45, 7) is 3.41. The maximum atomic E-state index is 11.5. The second-order valence-corrected chi connectivity index (χ2v) is 5.90. The Morgan fingerprint density at radius 1 is 1.15 bits per heavy atom. The van der Waals surface area contributed by atoms with Crippen LogP contribution in [-0.4, -0.2) is 13.7 Å². The molecule has 0 saturated heterocycles. The Labute approximate surface area is 79.5 Å². The average molecular weight is 198 g/mol. The van der Waals surface area contributed by atoms with Gasteiger partial charge >= 0.3 is 0 Å². The van der Waals surface area contributed by atoms with E-state index >= 15 is 0 Å². The van der Waals surface area contributed by atoms with E-state index in [0.717, 1.165) is 5.56 Å². The molecule has 1 aromatic rings. The molecule has 0 heterocycles. The molecule has 72 valence electrons. The molecule has 0 aliphatic heterocycles. The first kappa shape index (κ1) is 10.3. The Hall–Kier alpha value is -0.830. The van der Waals surface area contributed by atoms with Crippen LogP contribution in [0.4, 0.5) is 0 Å². The molecule has 0 amide bonds. The average Bonchev–Trinajstić information content (AvgIpc) is 2.05. The molecule has 1 rings (SSSR count). The van der Waals surface area contributed by atoms with E-state index in [1.807, 2.05) is 30.3 Å². The zero-order chi connectivity index (χ0) is 9.90. The monoisotopic (exact) mass is 198 g/mol. The Balaban J connectivity index is 2.82. The lowest BCUT2D eigenvalue weighted by Crippen LogP contribution is -2.15. The van der Waals surface area contributed by atoms with E-state index in [0.29, 0.717) is 0 Å². The van der Waals surface area contributed by atoms with Gasteiger partial charge in [-0.25, -0.2) is 8.42 Å². The van der Waals surface area contributed by atoms with Gasteiger partial charge in [-0.15, -0.1) is 0 Å². The van der Waals surface area contributed by atoms with E-state index in [9.17, 15) is 8.42 Å².